The van der Waals surface area contributed by atoms with Crippen LogP contribution < -0.4 is 19.5 Å². The Morgan fingerprint density at radius 1 is 0.673 bits per heavy atom. The van der Waals surface area contributed by atoms with Gasteiger partial charge in [0.2, 0.25) is 0 Å². The smallest absolute Gasteiger partial charge is 0.260 e. The zero-order chi connectivity index (χ0) is 38.1. The molecular weight excluding hydrogens is 691 g/mol. The number of fused-ring (bicyclic) bond motifs is 4. The van der Waals surface area contributed by atoms with Gasteiger partial charge < -0.3 is 29.3 Å². The topological polar surface area (TPSA) is 105 Å². The second-order valence-electron chi connectivity index (χ2n) is 14.4. The molecule has 4 aliphatic rings. The van der Waals surface area contributed by atoms with Crippen LogP contribution in [0.5, 0.6) is 17.2 Å². The van der Waals surface area contributed by atoms with Gasteiger partial charge in [-0.05, 0) is 85.2 Å². The van der Waals surface area contributed by atoms with Crippen molar-refractivity contribution in [2.24, 2.45) is 9.98 Å². The van der Waals surface area contributed by atoms with Gasteiger partial charge in [0.15, 0.2) is 11.5 Å². The Bertz CT molecular complexity index is 2260. The number of nitrogens with one attached hydrogen (secondary N) is 1. The molecule has 10 nitrogen and oxygen atoms in total. The van der Waals surface area contributed by atoms with Crippen LogP contribution in [0, 0.1) is 13.8 Å². The molecule has 0 aliphatic carbocycles. The molecule has 0 bridgehead atoms. The largest absolute Gasteiger partial charge is 0.493 e. The number of methoxy groups -OCH3 is 1. The van der Waals surface area contributed by atoms with E-state index in [9.17, 15) is 9.59 Å². The van der Waals surface area contributed by atoms with Crippen LogP contribution in [0.15, 0.2) is 95.2 Å². The normalized spacial score (nSPS) is 18.1. The summed E-state index contributed by atoms with van der Waals surface area (Å²) in [4.78, 5) is 40.4. The van der Waals surface area contributed by atoms with Gasteiger partial charge in [0.05, 0.1) is 54.9 Å². The standard InChI is InChI=1S/C45H45N5O5/c1-28-8-10-30(11-9-28)32-19-36-25-48-40-23-43(42(53-4)21-38(40)45(52)50(36)26-32)55-17-7-5-6-16-54-41-22-39-37(18-29(41)2)44(51)49-27-33(20-35(49)24-47-39)31-12-14-34(46-3)15-13-31/h8-15,18,21-27,35-36,46H,5-7,16-17,19-20H2,1-4H3/t35-,36-/m0/s1. The minimum Gasteiger partial charge on any atom is -0.493 e. The molecule has 2 amide bonds. The molecule has 10 heteroatoms. The summed E-state index contributed by atoms with van der Waals surface area (Å²) in [5, 5.41) is 3.15. The number of carbonyl (C=O) groups excluding carboxylic acids is 2. The molecule has 4 aliphatic heterocycles. The quantitative estimate of drug-likeness (QED) is 0.146. The summed E-state index contributed by atoms with van der Waals surface area (Å²) in [6.07, 6.45) is 11.6. The number of amides is 2. The van der Waals surface area contributed by atoms with E-state index in [1.165, 1.54) is 5.56 Å². The minimum absolute atomic E-state index is 0.0523. The van der Waals surface area contributed by atoms with Gasteiger partial charge in [0.25, 0.3) is 11.8 Å². The highest BCUT2D eigenvalue weighted by Crippen LogP contribution is 2.41. The van der Waals surface area contributed by atoms with Crippen LogP contribution in [0.4, 0.5) is 17.1 Å². The van der Waals surface area contributed by atoms with Gasteiger partial charge in [-0.15, -0.1) is 0 Å². The van der Waals surface area contributed by atoms with Gasteiger partial charge in [-0.25, -0.2) is 0 Å². The Morgan fingerprint density at radius 2 is 1.20 bits per heavy atom. The van der Waals surface area contributed by atoms with E-state index in [1.54, 1.807) is 29.0 Å². The van der Waals surface area contributed by atoms with Gasteiger partial charge in [-0.1, -0.05) is 42.0 Å². The summed E-state index contributed by atoms with van der Waals surface area (Å²) in [6.45, 7) is 5.04. The van der Waals surface area contributed by atoms with E-state index in [0.29, 0.717) is 60.1 Å². The number of ether oxygens (including phenoxy) is 3. The van der Waals surface area contributed by atoms with Crippen molar-refractivity contribution in [1.82, 2.24) is 9.80 Å². The van der Waals surface area contributed by atoms with Crippen molar-refractivity contribution in [2.45, 2.75) is 58.0 Å². The minimum atomic E-state index is -0.143. The summed E-state index contributed by atoms with van der Waals surface area (Å²) >= 11 is 0. The number of carbonyl (C=O) groups is 2. The Hall–Kier alpha value is -6.16. The van der Waals surface area contributed by atoms with Crippen LogP contribution in [0.2, 0.25) is 0 Å². The average Bonchev–Trinajstić information content (AvgIpc) is 3.78. The van der Waals surface area contributed by atoms with Gasteiger partial charge in [-0.2, -0.15) is 0 Å². The van der Waals surface area contributed by atoms with E-state index < -0.39 is 0 Å². The molecule has 0 saturated heterocycles. The van der Waals surface area contributed by atoms with Gasteiger partial charge >= 0.3 is 0 Å². The van der Waals surface area contributed by atoms with Gasteiger partial charge in [0.1, 0.15) is 5.75 Å². The first-order valence-corrected chi connectivity index (χ1v) is 18.9. The monoisotopic (exact) mass is 735 g/mol. The molecule has 0 radical (unpaired) electrons. The van der Waals surface area contributed by atoms with Crippen molar-refractivity contribution in [3.63, 3.8) is 0 Å². The fourth-order valence-corrected chi connectivity index (χ4v) is 7.52. The molecule has 0 fully saturated rings. The van der Waals surface area contributed by atoms with Crippen LogP contribution in [-0.4, -0.2) is 73.5 Å². The summed E-state index contributed by atoms with van der Waals surface area (Å²) in [5.74, 6) is 1.64. The van der Waals surface area contributed by atoms with Gasteiger partial charge in [-0.3, -0.25) is 19.6 Å². The number of hydrogen-bond acceptors (Lipinski definition) is 8. The Labute approximate surface area is 321 Å². The predicted octanol–water partition coefficient (Wildman–Crippen LogP) is 8.92. The number of anilines is 1. The third-order valence-corrected chi connectivity index (χ3v) is 10.7. The zero-order valence-corrected chi connectivity index (χ0v) is 31.7. The molecule has 1 N–H and O–H groups in total. The Kier molecular flexibility index (Phi) is 9.97. The molecule has 55 heavy (non-hydrogen) atoms. The van der Waals surface area contributed by atoms with E-state index >= 15 is 0 Å². The van der Waals surface area contributed by atoms with Crippen LogP contribution in [0.1, 0.15) is 75.1 Å². The van der Waals surface area contributed by atoms with Crippen molar-refractivity contribution < 1.29 is 23.8 Å². The third kappa shape index (κ3) is 7.24. The average molecular weight is 736 g/mol. The SMILES string of the molecule is CNc1ccc(C2=CN3C(=O)c4cc(C)c(OCCCCCOc5cc6c(cc5OC)C(=O)N5C=C(c7ccc(C)cc7)C[C@H]5C=N6)cc4N=C[C@@H]3C2)cc1. The number of rotatable bonds is 12. The number of aliphatic imine (C=N–C) groups is 2. The molecule has 4 aromatic rings. The second kappa shape index (κ2) is 15.3. The summed E-state index contributed by atoms with van der Waals surface area (Å²) in [7, 11) is 3.48. The lowest BCUT2D eigenvalue weighted by atomic mass is 10.0. The maximum absolute atomic E-state index is 13.7. The number of aryl methyl sites for hydroxylation is 2. The highest BCUT2D eigenvalue weighted by atomic mass is 16.5. The first-order chi connectivity index (χ1) is 26.8. The highest BCUT2D eigenvalue weighted by Gasteiger charge is 2.34. The van der Waals surface area contributed by atoms with Crippen molar-refractivity contribution in [2.75, 3.05) is 32.7 Å². The lowest BCUT2D eigenvalue weighted by molar-refractivity contribution is 0.0809. The first-order valence-electron chi connectivity index (χ1n) is 18.9. The van der Waals surface area contributed by atoms with Gasteiger partial charge in [0, 0.05) is 62.5 Å². The zero-order valence-electron chi connectivity index (χ0n) is 31.7. The fraction of sp³-hybridized carbons (Fsp3) is 0.289. The lowest BCUT2D eigenvalue weighted by Gasteiger charge is -2.19. The molecule has 0 saturated carbocycles. The van der Waals surface area contributed by atoms with E-state index in [1.807, 2.05) is 63.1 Å². The molecule has 0 spiro atoms. The van der Waals surface area contributed by atoms with E-state index in [-0.39, 0.29) is 23.9 Å². The third-order valence-electron chi connectivity index (χ3n) is 10.7. The lowest BCUT2D eigenvalue weighted by Crippen LogP contribution is -2.32. The van der Waals surface area contributed by atoms with Crippen molar-refractivity contribution >= 4 is 52.5 Å². The van der Waals surface area contributed by atoms with Crippen LogP contribution in [0.25, 0.3) is 11.1 Å². The van der Waals surface area contributed by atoms with Crippen LogP contribution >= 0.6 is 0 Å². The van der Waals surface area contributed by atoms with E-state index in [4.69, 9.17) is 24.2 Å². The first kappa shape index (κ1) is 35.8. The van der Waals surface area contributed by atoms with E-state index in [2.05, 4.69) is 48.6 Å². The molecule has 280 valence electrons. The van der Waals surface area contributed by atoms with Crippen LogP contribution in [0.3, 0.4) is 0 Å². The second-order valence-corrected chi connectivity index (χ2v) is 14.4. The number of benzene rings is 4. The van der Waals surface area contributed by atoms with Crippen molar-refractivity contribution in [1.29, 1.82) is 0 Å². The number of hydrogen-bond donors (Lipinski definition) is 1. The predicted molar refractivity (Wildman–Crippen MR) is 218 cm³/mol. The summed E-state index contributed by atoms with van der Waals surface area (Å²) in [6, 6.07) is 23.7. The van der Waals surface area contributed by atoms with Crippen molar-refractivity contribution in [3.8, 4) is 17.2 Å². The highest BCUT2D eigenvalue weighted by molar-refractivity contribution is 6.06. The number of unbranched alkanes of at least 4 members (excludes halogenated alkanes) is 2. The fourth-order valence-electron chi connectivity index (χ4n) is 7.52. The number of nitrogens with zero attached hydrogens (tertiary/aromatic N) is 4. The summed E-state index contributed by atoms with van der Waals surface area (Å²) in [5.41, 5.74) is 9.88. The maximum Gasteiger partial charge on any atom is 0.260 e. The molecule has 2 atom stereocenters. The molecule has 8 rings (SSSR count). The molecular formula is C45H45N5O5. The van der Waals surface area contributed by atoms with Crippen molar-refractivity contribution in [3.05, 3.63) is 119 Å². The maximum atomic E-state index is 13.7. The Morgan fingerprint density at radius 3 is 1.76 bits per heavy atom. The molecule has 4 heterocycles. The Balaban J connectivity index is 0.837. The summed E-state index contributed by atoms with van der Waals surface area (Å²) < 4.78 is 18.0. The molecule has 0 aromatic heterocycles. The molecule has 0 unspecified atom stereocenters. The van der Waals surface area contributed by atoms with E-state index in [0.717, 1.165) is 58.5 Å². The van der Waals surface area contributed by atoms with Crippen LogP contribution in [-0.2, 0) is 0 Å². The molecule has 4 aromatic carbocycles.